The van der Waals surface area contributed by atoms with Crippen molar-refractivity contribution in [1.82, 2.24) is 4.98 Å². The Kier molecular flexibility index (Phi) is 4.29. The quantitative estimate of drug-likeness (QED) is 0.858. The summed E-state index contributed by atoms with van der Waals surface area (Å²) in [6.07, 6.45) is 0. The largest absolute Gasteiger partial charge is 0.465 e. The van der Waals surface area contributed by atoms with E-state index in [1.807, 2.05) is 13.0 Å². The number of nitrogens with one attached hydrogen (secondary N) is 1. The van der Waals surface area contributed by atoms with Crippen LogP contribution in [-0.4, -0.2) is 18.1 Å². The zero-order valence-corrected chi connectivity index (χ0v) is 12.5. The van der Waals surface area contributed by atoms with E-state index >= 15 is 0 Å². The zero-order chi connectivity index (χ0) is 14.0. The molecule has 19 heavy (non-hydrogen) atoms. The molecular weight excluding hydrogens is 307 g/mol. The molecule has 0 saturated carbocycles. The van der Waals surface area contributed by atoms with Crippen LogP contribution in [0.15, 0.2) is 18.2 Å². The van der Waals surface area contributed by atoms with E-state index in [-0.39, 0.29) is 10.0 Å². The maximum absolute atomic E-state index is 11.4. The number of anilines is 2. The van der Waals surface area contributed by atoms with Gasteiger partial charge >= 0.3 is 5.97 Å². The Morgan fingerprint density at radius 3 is 2.84 bits per heavy atom. The van der Waals surface area contributed by atoms with Gasteiger partial charge in [-0.1, -0.05) is 40.6 Å². The van der Waals surface area contributed by atoms with Gasteiger partial charge in [-0.05, 0) is 24.6 Å². The topological polar surface area (TPSA) is 51.2 Å². The van der Waals surface area contributed by atoms with Gasteiger partial charge in [-0.3, -0.25) is 0 Å². The van der Waals surface area contributed by atoms with Gasteiger partial charge in [0.1, 0.15) is 0 Å². The highest BCUT2D eigenvalue weighted by atomic mass is 35.5. The average molecular weight is 317 g/mol. The van der Waals surface area contributed by atoms with Crippen molar-refractivity contribution in [1.29, 1.82) is 0 Å². The lowest BCUT2D eigenvalue weighted by Gasteiger charge is -2.06. The Bertz CT molecular complexity index is 628. The fraction of sp³-hybridized carbons (Fsp3) is 0.167. The Labute approximate surface area is 124 Å². The molecule has 0 aliphatic heterocycles. The first-order valence-electron chi connectivity index (χ1n) is 5.29. The maximum atomic E-state index is 11.4. The molecule has 0 amide bonds. The van der Waals surface area contributed by atoms with Gasteiger partial charge in [0.05, 0.1) is 7.11 Å². The number of carbonyl (C=O) groups is 1. The molecule has 4 nitrogen and oxygen atoms in total. The predicted octanol–water partition coefficient (Wildman–Crippen LogP) is 4.29. The molecular formula is C12H10Cl2N2O2S. The molecule has 1 heterocycles. The minimum atomic E-state index is -0.502. The fourth-order valence-electron chi connectivity index (χ4n) is 1.42. The van der Waals surface area contributed by atoms with Crippen molar-refractivity contribution in [2.24, 2.45) is 0 Å². The van der Waals surface area contributed by atoms with Gasteiger partial charge in [0, 0.05) is 10.7 Å². The van der Waals surface area contributed by atoms with Crippen LogP contribution in [-0.2, 0) is 4.74 Å². The highest BCUT2D eigenvalue weighted by Gasteiger charge is 2.17. The summed E-state index contributed by atoms with van der Waals surface area (Å²) in [5.41, 5.74) is 1.82. The SMILES string of the molecule is COC(=O)c1sc(Nc2cc(Cl)ccc2C)nc1Cl. The van der Waals surface area contributed by atoms with Gasteiger partial charge in [0.25, 0.3) is 0 Å². The minimum absolute atomic E-state index is 0.124. The van der Waals surface area contributed by atoms with Gasteiger partial charge in [0.2, 0.25) is 0 Å². The van der Waals surface area contributed by atoms with E-state index in [9.17, 15) is 4.79 Å². The lowest BCUT2D eigenvalue weighted by atomic mass is 10.2. The van der Waals surface area contributed by atoms with Crippen molar-refractivity contribution in [3.8, 4) is 0 Å². The molecule has 0 fully saturated rings. The molecule has 100 valence electrons. The van der Waals surface area contributed by atoms with E-state index in [0.717, 1.165) is 22.6 Å². The highest BCUT2D eigenvalue weighted by molar-refractivity contribution is 7.18. The molecule has 1 aromatic heterocycles. The van der Waals surface area contributed by atoms with Crippen LogP contribution in [0, 0.1) is 6.92 Å². The summed E-state index contributed by atoms with van der Waals surface area (Å²) in [6, 6.07) is 5.47. The standard InChI is InChI=1S/C12H10Cl2N2O2S/c1-6-3-4-7(13)5-8(6)15-12-16-10(14)9(19-12)11(17)18-2/h3-5H,1-2H3,(H,15,16). The van der Waals surface area contributed by atoms with Gasteiger partial charge < -0.3 is 10.1 Å². The normalized spacial score (nSPS) is 10.3. The van der Waals surface area contributed by atoms with E-state index < -0.39 is 5.97 Å². The van der Waals surface area contributed by atoms with E-state index in [1.165, 1.54) is 7.11 Å². The fourth-order valence-corrected chi connectivity index (χ4v) is 2.71. The molecule has 0 bridgehead atoms. The Morgan fingerprint density at radius 1 is 1.42 bits per heavy atom. The summed E-state index contributed by atoms with van der Waals surface area (Å²) < 4.78 is 4.62. The molecule has 2 aromatic rings. The summed E-state index contributed by atoms with van der Waals surface area (Å²) in [5, 5.41) is 4.33. The summed E-state index contributed by atoms with van der Waals surface area (Å²) in [6.45, 7) is 1.94. The monoisotopic (exact) mass is 316 g/mol. The van der Waals surface area contributed by atoms with E-state index in [1.54, 1.807) is 12.1 Å². The van der Waals surface area contributed by atoms with E-state index in [4.69, 9.17) is 23.2 Å². The Morgan fingerprint density at radius 2 is 2.16 bits per heavy atom. The smallest absolute Gasteiger partial charge is 0.351 e. The summed E-state index contributed by atoms with van der Waals surface area (Å²) >= 11 is 13.0. The predicted molar refractivity (Wildman–Crippen MR) is 77.9 cm³/mol. The summed E-state index contributed by atoms with van der Waals surface area (Å²) in [7, 11) is 1.30. The number of nitrogens with zero attached hydrogens (tertiary/aromatic N) is 1. The third-order valence-corrected chi connectivity index (χ3v) is 3.97. The Hall–Kier alpha value is -1.30. The van der Waals surface area contributed by atoms with E-state index in [0.29, 0.717) is 10.2 Å². The molecule has 0 unspecified atom stereocenters. The van der Waals surface area contributed by atoms with Crippen LogP contribution >= 0.6 is 34.5 Å². The number of thiazole rings is 1. The molecule has 0 radical (unpaired) electrons. The van der Waals surface area contributed by atoms with Crippen molar-refractivity contribution in [3.05, 3.63) is 38.8 Å². The zero-order valence-electron chi connectivity index (χ0n) is 10.2. The number of ether oxygens (including phenoxy) is 1. The van der Waals surface area contributed by atoms with Crippen LogP contribution in [0.2, 0.25) is 10.2 Å². The van der Waals surface area contributed by atoms with Crippen LogP contribution in [0.25, 0.3) is 0 Å². The second-order valence-electron chi connectivity index (χ2n) is 3.71. The van der Waals surface area contributed by atoms with Crippen molar-refractivity contribution in [3.63, 3.8) is 0 Å². The molecule has 2 rings (SSSR count). The first kappa shape index (κ1) is 14.1. The number of halogens is 2. The number of methoxy groups -OCH3 is 1. The van der Waals surface area contributed by atoms with Crippen LogP contribution in [0.1, 0.15) is 15.2 Å². The number of aromatic nitrogens is 1. The number of hydrogen-bond acceptors (Lipinski definition) is 5. The van der Waals surface area contributed by atoms with Gasteiger partial charge in [-0.25, -0.2) is 9.78 Å². The van der Waals surface area contributed by atoms with Crippen LogP contribution in [0.3, 0.4) is 0 Å². The maximum Gasteiger partial charge on any atom is 0.351 e. The lowest BCUT2D eigenvalue weighted by Crippen LogP contribution is -1.98. The van der Waals surface area contributed by atoms with Crippen molar-refractivity contribution >= 4 is 51.3 Å². The molecule has 0 atom stereocenters. The molecule has 0 spiro atoms. The molecule has 1 aromatic carbocycles. The van der Waals surface area contributed by atoms with Crippen molar-refractivity contribution in [2.75, 3.05) is 12.4 Å². The second-order valence-corrected chi connectivity index (χ2v) is 5.51. The molecule has 0 aliphatic rings. The van der Waals surface area contributed by atoms with Gasteiger partial charge in [-0.2, -0.15) is 0 Å². The summed E-state index contributed by atoms with van der Waals surface area (Å²) in [4.78, 5) is 15.8. The third kappa shape index (κ3) is 3.18. The number of hydrogen-bond donors (Lipinski definition) is 1. The minimum Gasteiger partial charge on any atom is -0.465 e. The molecule has 0 saturated heterocycles. The third-order valence-electron chi connectivity index (χ3n) is 2.40. The average Bonchev–Trinajstić information content (AvgIpc) is 2.74. The van der Waals surface area contributed by atoms with Crippen LogP contribution < -0.4 is 5.32 Å². The summed E-state index contributed by atoms with van der Waals surface area (Å²) in [5.74, 6) is -0.502. The van der Waals surface area contributed by atoms with E-state index in [2.05, 4.69) is 15.0 Å². The lowest BCUT2D eigenvalue weighted by molar-refractivity contribution is 0.0606. The molecule has 7 heteroatoms. The Balaban J connectivity index is 2.29. The second kappa shape index (κ2) is 5.77. The van der Waals surface area contributed by atoms with Crippen LogP contribution in [0.5, 0.6) is 0 Å². The molecule has 0 aliphatic carbocycles. The van der Waals surface area contributed by atoms with Crippen LogP contribution in [0.4, 0.5) is 10.8 Å². The number of benzene rings is 1. The van der Waals surface area contributed by atoms with Crippen molar-refractivity contribution in [2.45, 2.75) is 6.92 Å². The number of rotatable bonds is 3. The first-order valence-corrected chi connectivity index (χ1v) is 6.86. The number of esters is 1. The molecule has 1 N–H and O–H groups in total. The van der Waals surface area contributed by atoms with Gasteiger partial charge in [-0.15, -0.1) is 0 Å². The number of aryl methyl sites for hydroxylation is 1. The van der Waals surface area contributed by atoms with Crippen molar-refractivity contribution < 1.29 is 9.53 Å². The first-order chi connectivity index (χ1) is 9.01. The number of carbonyl (C=O) groups excluding carboxylic acids is 1. The van der Waals surface area contributed by atoms with Gasteiger partial charge in [0.15, 0.2) is 15.2 Å². The highest BCUT2D eigenvalue weighted by Crippen LogP contribution is 2.31.